The second-order valence-corrected chi connectivity index (χ2v) is 7.18. The summed E-state index contributed by atoms with van der Waals surface area (Å²) in [6, 6.07) is 18.2. The highest BCUT2D eigenvalue weighted by Crippen LogP contribution is 2.32. The Morgan fingerprint density at radius 2 is 1.55 bits per heavy atom. The molecule has 0 aromatic heterocycles. The molecule has 0 N–H and O–H groups in total. The summed E-state index contributed by atoms with van der Waals surface area (Å²) in [6.07, 6.45) is 1.79. The molecule has 0 saturated carbocycles. The topological polar surface area (TPSA) is 88.2 Å². The Labute approximate surface area is 169 Å². The van der Waals surface area contributed by atoms with E-state index in [9.17, 15) is 20.1 Å². The Morgan fingerprint density at radius 3 is 2.21 bits per heavy atom. The van der Waals surface area contributed by atoms with E-state index in [1.165, 1.54) is 9.80 Å². The van der Waals surface area contributed by atoms with Crippen LogP contribution < -0.4 is 0 Å². The number of hydrogen-bond donors (Lipinski definition) is 0. The molecule has 0 radical (unpaired) electrons. The van der Waals surface area contributed by atoms with Crippen LogP contribution in [-0.4, -0.2) is 41.2 Å². The minimum Gasteiger partial charge on any atom is -0.326 e. The Bertz CT molecular complexity index is 1110. The van der Waals surface area contributed by atoms with Gasteiger partial charge in [-0.2, -0.15) is 10.5 Å². The molecular weight excluding hydrogens is 364 g/mol. The Morgan fingerprint density at radius 1 is 0.966 bits per heavy atom. The molecule has 1 heterocycles. The Balaban J connectivity index is 2.02. The van der Waals surface area contributed by atoms with Gasteiger partial charge in [-0.05, 0) is 36.3 Å². The Kier molecular flexibility index (Phi) is 5.21. The van der Waals surface area contributed by atoms with Crippen molar-refractivity contribution in [1.82, 2.24) is 9.80 Å². The van der Waals surface area contributed by atoms with Crippen molar-refractivity contribution >= 4 is 17.9 Å². The zero-order valence-electron chi connectivity index (χ0n) is 16.5. The lowest BCUT2D eigenvalue weighted by molar-refractivity contribution is -0.155. The molecule has 144 valence electrons. The predicted octanol–water partition coefficient (Wildman–Crippen LogP) is 2.70. The van der Waals surface area contributed by atoms with Crippen molar-refractivity contribution in [3.8, 4) is 12.1 Å². The fourth-order valence-electron chi connectivity index (χ4n) is 3.53. The van der Waals surface area contributed by atoms with Gasteiger partial charge in [-0.1, -0.05) is 36.4 Å². The van der Waals surface area contributed by atoms with Crippen molar-refractivity contribution < 1.29 is 9.59 Å². The largest absolute Gasteiger partial charge is 0.326 e. The first-order valence-corrected chi connectivity index (χ1v) is 9.08. The maximum absolute atomic E-state index is 13.3. The van der Waals surface area contributed by atoms with E-state index in [4.69, 9.17) is 0 Å². The van der Waals surface area contributed by atoms with E-state index in [0.29, 0.717) is 22.3 Å². The molecule has 1 atom stereocenters. The smallest absolute Gasteiger partial charge is 0.271 e. The van der Waals surface area contributed by atoms with E-state index in [2.05, 4.69) is 12.1 Å². The van der Waals surface area contributed by atoms with Gasteiger partial charge in [0.15, 0.2) is 0 Å². The van der Waals surface area contributed by atoms with E-state index < -0.39 is 5.54 Å². The summed E-state index contributed by atoms with van der Waals surface area (Å²) in [5.74, 6) is -0.579. The van der Waals surface area contributed by atoms with Crippen molar-refractivity contribution in [2.75, 3.05) is 14.1 Å². The van der Waals surface area contributed by atoms with E-state index in [0.717, 1.165) is 0 Å². The molecule has 1 saturated heterocycles. The van der Waals surface area contributed by atoms with Crippen LogP contribution in [0.15, 0.2) is 54.2 Å². The average molecular weight is 384 g/mol. The molecule has 2 aromatic carbocycles. The van der Waals surface area contributed by atoms with Gasteiger partial charge >= 0.3 is 0 Å². The van der Waals surface area contributed by atoms with Gasteiger partial charge in [-0.15, -0.1) is 0 Å². The van der Waals surface area contributed by atoms with Crippen LogP contribution in [0.1, 0.15) is 29.2 Å². The highest BCUT2D eigenvalue weighted by molar-refractivity contribution is 6.08. The number of carbonyl (C=O) groups excluding carboxylic acids is 2. The standard InChI is InChI=1S/C23H20N4O2/c1-23(13-17-9-5-7-11-19(17)15-25)22(29)26(2)20(21(28)27(23)3)12-16-8-4-6-10-18(16)14-24/h4-12H,13H2,1-3H3/b20-12+. The number of rotatable bonds is 3. The summed E-state index contributed by atoms with van der Waals surface area (Å²) < 4.78 is 0. The predicted molar refractivity (Wildman–Crippen MR) is 108 cm³/mol. The number of likely N-dealkylation sites (N-methyl/N-ethyl adjacent to an activating group) is 2. The fourth-order valence-corrected chi connectivity index (χ4v) is 3.53. The monoisotopic (exact) mass is 384 g/mol. The van der Waals surface area contributed by atoms with E-state index in [1.807, 2.05) is 6.07 Å². The summed E-state index contributed by atoms with van der Waals surface area (Å²) in [5.41, 5.74) is 1.25. The minimum absolute atomic E-state index is 0.200. The Hall–Kier alpha value is -3.90. The van der Waals surface area contributed by atoms with Crippen LogP contribution in [0.5, 0.6) is 0 Å². The van der Waals surface area contributed by atoms with E-state index in [1.54, 1.807) is 69.6 Å². The van der Waals surface area contributed by atoms with Crippen molar-refractivity contribution in [2.24, 2.45) is 0 Å². The normalized spacial score (nSPS) is 20.5. The summed E-state index contributed by atoms with van der Waals surface area (Å²) in [5, 5.41) is 18.7. The third-order valence-electron chi connectivity index (χ3n) is 5.44. The lowest BCUT2D eigenvalue weighted by atomic mass is 9.85. The van der Waals surface area contributed by atoms with Crippen molar-refractivity contribution in [2.45, 2.75) is 18.9 Å². The van der Waals surface area contributed by atoms with Crippen LogP contribution in [0.3, 0.4) is 0 Å². The number of nitriles is 2. The average Bonchev–Trinajstić information content (AvgIpc) is 2.75. The first-order valence-electron chi connectivity index (χ1n) is 9.08. The molecule has 1 fully saturated rings. The molecule has 29 heavy (non-hydrogen) atoms. The van der Waals surface area contributed by atoms with Crippen molar-refractivity contribution in [3.63, 3.8) is 0 Å². The molecule has 0 aliphatic carbocycles. The van der Waals surface area contributed by atoms with Crippen LogP contribution in [0.4, 0.5) is 0 Å². The molecule has 0 bridgehead atoms. The second-order valence-electron chi connectivity index (χ2n) is 7.18. The van der Waals surface area contributed by atoms with E-state index >= 15 is 0 Å². The van der Waals surface area contributed by atoms with Crippen molar-refractivity contribution in [1.29, 1.82) is 10.5 Å². The summed E-state index contributed by atoms with van der Waals surface area (Å²) >= 11 is 0. The molecule has 3 rings (SSSR count). The molecule has 1 aliphatic heterocycles. The third-order valence-corrected chi connectivity index (χ3v) is 5.44. The van der Waals surface area contributed by atoms with Gasteiger partial charge in [-0.25, -0.2) is 0 Å². The van der Waals surface area contributed by atoms with E-state index in [-0.39, 0.29) is 23.9 Å². The number of piperazine rings is 1. The number of amides is 2. The van der Waals surface area contributed by atoms with Crippen LogP contribution in [0.2, 0.25) is 0 Å². The van der Waals surface area contributed by atoms with Gasteiger partial charge in [-0.3, -0.25) is 9.59 Å². The molecule has 2 aromatic rings. The first-order chi connectivity index (χ1) is 13.8. The van der Waals surface area contributed by atoms with Crippen LogP contribution in [0, 0.1) is 22.7 Å². The fraction of sp³-hybridized carbons (Fsp3) is 0.217. The lowest BCUT2D eigenvalue weighted by Crippen LogP contribution is -2.64. The van der Waals surface area contributed by atoms with Gasteiger partial charge in [0.05, 0.1) is 23.3 Å². The van der Waals surface area contributed by atoms with Gasteiger partial charge in [0.25, 0.3) is 11.8 Å². The summed E-state index contributed by atoms with van der Waals surface area (Å²) in [7, 11) is 3.15. The highest BCUT2D eigenvalue weighted by atomic mass is 16.2. The number of hydrogen-bond acceptors (Lipinski definition) is 4. The lowest BCUT2D eigenvalue weighted by Gasteiger charge is -2.45. The maximum atomic E-state index is 13.3. The summed E-state index contributed by atoms with van der Waals surface area (Å²) in [4.78, 5) is 29.2. The number of carbonyl (C=O) groups is 2. The molecule has 1 aliphatic rings. The first kappa shape index (κ1) is 19.9. The molecule has 2 amide bonds. The molecular formula is C23H20N4O2. The molecule has 6 nitrogen and oxygen atoms in total. The molecule has 0 spiro atoms. The third kappa shape index (κ3) is 3.37. The quantitative estimate of drug-likeness (QED) is 0.761. The number of nitrogens with zero attached hydrogens (tertiary/aromatic N) is 4. The van der Waals surface area contributed by atoms with Gasteiger partial charge < -0.3 is 9.80 Å². The summed E-state index contributed by atoms with van der Waals surface area (Å²) in [6.45, 7) is 1.71. The van der Waals surface area contributed by atoms with Gasteiger partial charge in [0.1, 0.15) is 11.2 Å². The SMILES string of the molecule is CN1C(=O)C(C)(Cc2ccccc2C#N)N(C)C(=O)/C1=C\c1ccccc1C#N. The van der Waals surface area contributed by atoms with Crippen LogP contribution >= 0.6 is 0 Å². The molecule has 6 heteroatoms. The zero-order chi connectivity index (χ0) is 21.2. The zero-order valence-corrected chi connectivity index (χ0v) is 16.5. The van der Waals surface area contributed by atoms with Crippen molar-refractivity contribution in [3.05, 3.63) is 76.5 Å². The van der Waals surface area contributed by atoms with Gasteiger partial charge in [0.2, 0.25) is 0 Å². The minimum atomic E-state index is -1.13. The number of benzene rings is 2. The highest BCUT2D eigenvalue weighted by Gasteiger charge is 2.48. The molecule has 1 unspecified atom stereocenters. The maximum Gasteiger partial charge on any atom is 0.271 e. The second kappa shape index (κ2) is 7.61. The van der Waals surface area contributed by atoms with Crippen LogP contribution in [0.25, 0.3) is 6.08 Å². The van der Waals surface area contributed by atoms with Crippen LogP contribution in [-0.2, 0) is 16.0 Å². The van der Waals surface area contributed by atoms with Gasteiger partial charge in [0, 0.05) is 20.5 Å².